The number of hydrogen-bond donors (Lipinski definition) is 0. The van der Waals surface area contributed by atoms with Gasteiger partial charge in [0.1, 0.15) is 5.82 Å². The lowest BCUT2D eigenvalue weighted by molar-refractivity contribution is -0.141. The first-order valence-corrected chi connectivity index (χ1v) is 6.16. The largest absolute Gasteiger partial charge is 0.435 e. The Morgan fingerprint density at radius 3 is 2.32 bits per heavy atom. The maximum atomic E-state index is 12.9. The van der Waals surface area contributed by atoms with Crippen LogP contribution in [0.2, 0.25) is 0 Å². The zero-order valence-corrected chi connectivity index (χ0v) is 10.9. The quantitative estimate of drug-likeness (QED) is 0.681. The van der Waals surface area contributed by atoms with Crippen molar-refractivity contribution in [1.82, 2.24) is 19.7 Å². The molecule has 0 fully saturated rings. The Labute approximate surface area is 122 Å². The van der Waals surface area contributed by atoms with E-state index in [2.05, 4.69) is 15.1 Å². The average molecular weight is 308 g/mol. The molecule has 0 N–H and O–H groups in total. The molecule has 1 aromatic carbocycles. The second kappa shape index (κ2) is 5.21. The van der Waals surface area contributed by atoms with Crippen LogP contribution in [0.1, 0.15) is 5.69 Å². The summed E-state index contributed by atoms with van der Waals surface area (Å²) in [7, 11) is 0. The van der Waals surface area contributed by atoms with E-state index in [4.69, 9.17) is 0 Å². The third kappa shape index (κ3) is 2.80. The van der Waals surface area contributed by atoms with Crippen LogP contribution in [0.15, 0.2) is 48.8 Å². The van der Waals surface area contributed by atoms with Crippen LogP contribution < -0.4 is 0 Å². The molecule has 0 atom stereocenters. The first-order valence-electron chi connectivity index (χ1n) is 6.16. The Hall–Kier alpha value is -2.77. The Bertz CT molecular complexity index is 793. The van der Waals surface area contributed by atoms with Crippen LogP contribution in [-0.4, -0.2) is 19.7 Å². The van der Waals surface area contributed by atoms with Gasteiger partial charge < -0.3 is 0 Å². The highest BCUT2D eigenvalue weighted by Gasteiger charge is 2.33. The average Bonchev–Trinajstić information content (AvgIpc) is 2.98. The van der Waals surface area contributed by atoms with E-state index < -0.39 is 11.9 Å². The van der Waals surface area contributed by atoms with E-state index in [1.54, 1.807) is 6.07 Å². The number of benzene rings is 1. The van der Waals surface area contributed by atoms with Gasteiger partial charge in [-0.25, -0.2) is 19.0 Å². The molecular formula is C14H8F4N4. The van der Waals surface area contributed by atoms with Gasteiger partial charge in [0.15, 0.2) is 5.69 Å². The Morgan fingerprint density at radius 1 is 0.955 bits per heavy atom. The van der Waals surface area contributed by atoms with Gasteiger partial charge in [0.05, 0.1) is 5.69 Å². The molecule has 112 valence electrons. The number of halogens is 4. The molecule has 4 nitrogen and oxygen atoms in total. The lowest BCUT2D eigenvalue weighted by Crippen LogP contribution is -2.08. The summed E-state index contributed by atoms with van der Waals surface area (Å²) >= 11 is 0. The maximum Gasteiger partial charge on any atom is 0.435 e. The topological polar surface area (TPSA) is 43.6 Å². The third-order valence-electron chi connectivity index (χ3n) is 2.87. The van der Waals surface area contributed by atoms with Crippen LogP contribution in [0, 0.1) is 5.82 Å². The second-order valence-corrected chi connectivity index (χ2v) is 4.39. The van der Waals surface area contributed by atoms with Crippen LogP contribution in [0.25, 0.3) is 17.2 Å². The van der Waals surface area contributed by atoms with Crippen molar-refractivity contribution in [3.63, 3.8) is 0 Å². The molecule has 0 saturated carbocycles. The summed E-state index contributed by atoms with van der Waals surface area (Å²) in [5.74, 6) is -0.391. The molecule has 8 heteroatoms. The molecule has 3 rings (SSSR count). The van der Waals surface area contributed by atoms with E-state index in [0.717, 1.165) is 16.9 Å². The molecule has 22 heavy (non-hydrogen) atoms. The number of nitrogens with zero attached hydrogens (tertiary/aromatic N) is 4. The van der Waals surface area contributed by atoms with E-state index in [0.29, 0.717) is 11.3 Å². The van der Waals surface area contributed by atoms with Gasteiger partial charge in [-0.05, 0) is 36.4 Å². The van der Waals surface area contributed by atoms with Crippen molar-refractivity contribution in [2.24, 2.45) is 0 Å². The lowest BCUT2D eigenvalue weighted by Gasteiger charge is -2.04. The predicted molar refractivity (Wildman–Crippen MR) is 69.6 cm³/mol. The minimum Gasteiger partial charge on any atom is -0.220 e. The molecule has 0 radical (unpaired) electrons. The molecule has 0 amide bonds. The molecule has 0 aliphatic heterocycles. The highest BCUT2D eigenvalue weighted by molar-refractivity contribution is 5.58. The van der Waals surface area contributed by atoms with Gasteiger partial charge in [0.25, 0.3) is 5.95 Å². The zero-order chi connectivity index (χ0) is 15.7. The Morgan fingerprint density at radius 2 is 1.68 bits per heavy atom. The van der Waals surface area contributed by atoms with E-state index in [9.17, 15) is 17.6 Å². The van der Waals surface area contributed by atoms with Gasteiger partial charge in [0.2, 0.25) is 0 Å². The molecule has 0 saturated heterocycles. The fourth-order valence-electron chi connectivity index (χ4n) is 1.83. The fraction of sp³-hybridized carbons (Fsp3) is 0.0714. The van der Waals surface area contributed by atoms with E-state index >= 15 is 0 Å². The highest BCUT2D eigenvalue weighted by Crippen LogP contribution is 2.27. The SMILES string of the molecule is Fc1ccc(-c2ccnc(-n3ccc(C(F)(F)F)n3)n2)cc1. The molecule has 0 bridgehead atoms. The second-order valence-electron chi connectivity index (χ2n) is 4.39. The third-order valence-corrected chi connectivity index (χ3v) is 2.87. The van der Waals surface area contributed by atoms with Crippen molar-refractivity contribution < 1.29 is 17.6 Å². The summed E-state index contributed by atoms with van der Waals surface area (Å²) in [5, 5.41) is 3.41. The first-order chi connectivity index (χ1) is 10.4. The maximum absolute atomic E-state index is 12.9. The molecular weight excluding hydrogens is 300 g/mol. The smallest absolute Gasteiger partial charge is 0.220 e. The number of hydrogen-bond acceptors (Lipinski definition) is 3. The van der Waals surface area contributed by atoms with Crippen LogP contribution in [-0.2, 0) is 6.18 Å². The van der Waals surface area contributed by atoms with Crippen LogP contribution in [0.4, 0.5) is 17.6 Å². The van der Waals surface area contributed by atoms with Gasteiger partial charge in [0, 0.05) is 18.0 Å². The summed E-state index contributed by atoms with van der Waals surface area (Å²) in [6.07, 6.45) is -2.00. The Balaban J connectivity index is 1.97. The zero-order valence-electron chi connectivity index (χ0n) is 10.9. The normalized spacial score (nSPS) is 11.6. The van der Waals surface area contributed by atoms with Gasteiger partial charge in [-0.1, -0.05) is 0 Å². The van der Waals surface area contributed by atoms with E-state index in [-0.39, 0.29) is 11.8 Å². The summed E-state index contributed by atoms with van der Waals surface area (Å²) in [4.78, 5) is 8.03. The van der Waals surface area contributed by atoms with E-state index in [1.165, 1.54) is 30.5 Å². The summed E-state index contributed by atoms with van der Waals surface area (Å²) in [6.45, 7) is 0. The monoisotopic (exact) mass is 308 g/mol. The van der Waals surface area contributed by atoms with Crippen molar-refractivity contribution in [1.29, 1.82) is 0 Å². The molecule has 3 aromatic rings. The molecule has 2 heterocycles. The molecule has 0 aliphatic carbocycles. The number of rotatable bonds is 2. The summed E-state index contributed by atoms with van der Waals surface area (Å²) in [5.41, 5.74) is 0.0468. The molecule has 0 aliphatic rings. The van der Waals surface area contributed by atoms with Gasteiger partial charge in [-0.15, -0.1) is 0 Å². The van der Waals surface area contributed by atoms with Crippen molar-refractivity contribution >= 4 is 0 Å². The number of aromatic nitrogens is 4. The van der Waals surface area contributed by atoms with Gasteiger partial charge in [-0.2, -0.15) is 18.3 Å². The standard InChI is InChI=1S/C14H8F4N4/c15-10-3-1-9(2-4-10)11-5-7-19-13(20-11)22-8-6-12(21-22)14(16,17)18/h1-8H. The molecule has 2 aromatic heterocycles. The minimum absolute atomic E-state index is 0.00248. The molecule has 0 unspecified atom stereocenters. The first kappa shape index (κ1) is 14.2. The summed E-state index contributed by atoms with van der Waals surface area (Å²) < 4.78 is 51.5. The van der Waals surface area contributed by atoms with Crippen LogP contribution in [0.5, 0.6) is 0 Å². The highest BCUT2D eigenvalue weighted by atomic mass is 19.4. The molecule has 0 spiro atoms. The van der Waals surface area contributed by atoms with Crippen molar-refractivity contribution in [2.75, 3.05) is 0 Å². The minimum atomic E-state index is -4.53. The number of alkyl halides is 3. The van der Waals surface area contributed by atoms with Gasteiger partial charge in [-0.3, -0.25) is 0 Å². The van der Waals surface area contributed by atoms with Crippen LogP contribution >= 0.6 is 0 Å². The van der Waals surface area contributed by atoms with E-state index in [1.807, 2.05) is 0 Å². The van der Waals surface area contributed by atoms with Gasteiger partial charge >= 0.3 is 6.18 Å². The van der Waals surface area contributed by atoms with Crippen molar-refractivity contribution in [3.8, 4) is 17.2 Å². The lowest BCUT2D eigenvalue weighted by atomic mass is 10.1. The fourth-order valence-corrected chi connectivity index (χ4v) is 1.83. The summed E-state index contributed by atoms with van der Waals surface area (Å²) in [6, 6.07) is 8.00. The van der Waals surface area contributed by atoms with Crippen LogP contribution in [0.3, 0.4) is 0 Å². The Kier molecular flexibility index (Phi) is 3.36. The predicted octanol–water partition coefficient (Wildman–Crippen LogP) is 3.49. The van der Waals surface area contributed by atoms with Crippen molar-refractivity contribution in [2.45, 2.75) is 6.18 Å². The van der Waals surface area contributed by atoms with Crippen molar-refractivity contribution in [3.05, 3.63) is 60.3 Å².